The molecule has 1 fully saturated rings. The minimum Gasteiger partial charge on any atom is -0.476 e. The van der Waals surface area contributed by atoms with Gasteiger partial charge in [-0.1, -0.05) is 23.2 Å². The first-order valence-electron chi connectivity index (χ1n) is 10.1. The van der Waals surface area contributed by atoms with Crippen LogP contribution in [0.1, 0.15) is 29.8 Å². The van der Waals surface area contributed by atoms with Gasteiger partial charge in [0.05, 0.1) is 11.6 Å². The van der Waals surface area contributed by atoms with Crippen molar-refractivity contribution in [3.05, 3.63) is 63.6 Å². The average Bonchev–Trinajstić information content (AvgIpc) is 2.75. The van der Waals surface area contributed by atoms with Crippen LogP contribution < -0.4 is 4.74 Å². The van der Waals surface area contributed by atoms with Gasteiger partial charge in [-0.15, -0.1) is 0 Å². The summed E-state index contributed by atoms with van der Waals surface area (Å²) in [6.07, 6.45) is 0. The molecule has 0 radical (unpaired) electrons. The molecule has 2 aromatic rings. The molecule has 8 heteroatoms. The molecule has 1 heterocycles. The number of carbonyl (C=O) groups is 2. The summed E-state index contributed by atoms with van der Waals surface area (Å²) in [4.78, 5) is 29.6. The minimum absolute atomic E-state index is 0.109. The fraction of sp³-hybridized carbons (Fsp3) is 0.391. The lowest BCUT2D eigenvalue weighted by molar-refractivity contribution is -0.147. The molecule has 0 atom stereocenters. The van der Waals surface area contributed by atoms with Crippen LogP contribution in [0.15, 0.2) is 42.5 Å². The number of aliphatic hydroxyl groups excluding tert-OH is 1. The fourth-order valence-corrected chi connectivity index (χ4v) is 3.85. The lowest BCUT2D eigenvalue weighted by atomic mass is 10.0. The van der Waals surface area contributed by atoms with Crippen molar-refractivity contribution >= 4 is 34.9 Å². The first kappa shape index (κ1) is 23.5. The monoisotopic (exact) mass is 464 g/mol. The number of rotatable bonds is 7. The Morgan fingerprint density at radius 1 is 1.00 bits per heavy atom. The molecule has 31 heavy (non-hydrogen) atoms. The quantitative estimate of drug-likeness (QED) is 0.634. The van der Waals surface area contributed by atoms with Crippen molar-refractivity contribution in [1.29, 1.82) is 0 Å². The van der Waals surface area contributed by atoms with E-state index in [-0.39, 0.29) is 23.3 Å². The van der Waals surface area contributed by atoms with Crippen molar-refractivity contribution in [2.45, 2.75) is 19.4 Å². The van der Waals surface area contributed by atoms with Gasteiger partial charge in [0.2, 0.25) is 0 Å². The fourth-order valence-electron chi connectivity index (χ4n) is 3.51. The van der Waals surface area contributed by atoms with Gasteiger partial charge in [0.15, 0.2) is 11.4 Å². The molecule has 0 unspecified atom stereocenters. The maximum atomic E-state index is 13.0. The number of amides is 1. The molecule has 1 amide bonds. The van der Waals surface area contributed by atoms with E-state index < -0.39 is 5.60 Å². The number of β-amino-alcohol motifs (C(OH)–C–C–N with tert-alkyl or cyclic N) is 1. The Balaban J connectivity index is 1.68. The molecule has 0 saturated carbocycles. The molecule has 1 aliphatic heterocycles. The highest BCUT2D eigenvalue weighted by Crippen LogP contribution is 2.30. The van der Waals surface area contributed by atoms with Crippen LogP contribution in [0.2, 0.25) is 10.0 Å². The van der Waals surface area contributed by atoms with Crippen LogP contribution in [-0.4, -0.2) is 71.5 Å². The largest absolute Gasteiger partial charge is 0.476 e. The number of halogens is 2. The van der Waals surface area contributed by atoms with E-state index in [4.69, 9.17) is 33.0 Å². The number of carbonyl (C=O) groups excluding carboxylic acids is 2. The van der Waals surface area contributed by atoms with Gasteiger partial charge in [-0.25, -0.2) is 0 Å². The number of benzene rings is 2. The second kappa shape index (κ2) is 10.0. The molecule has 1 aliphatic rings. The second-order valence-corrected chi connectivity index (χ2v) is 8.79. The Bertz CT molecular complexity index is 939. The Morgan fingerprint density at radius 3 is 2.19 bits per heavy atom. The Kier molecular flexibility index (Phi) is 7.59. The van der Waals surface area contributed by atoms with E-state index in [1.54, 1.807) is 61.2 Å². The van der Waals surface area contributed by atoms with Gasteiger partial charge >= 0.3 is 0 Å². The molecular weight excluding hydrogens is 439 g/mol. The molecule has 0 bridgehead atoms. The van der Waals surface area contributed by atoms with Crippen LogP contribution in [0, 0.1) is 0 Å². The summed E-state index contributed by atoms with van der Waals surface area (Å²) in [6, 6.07) is 11.4. The van der Waals surface area contributed by atoms with E-state index in [1.165, 1.54) is 0 Å². The molecule has 2 aromatic carbocycles. The van der Waals surface area contributed by atoms with Gasteiger partial charge in [0.1, 0.15) is 5.75 Å². The number of ether oxygens (including phenoxy) is 1. The first-order chi connectivity index (χ1) is 14.7. The number of hydrogen-bond acceptors (Lipinski definition) is 5. The number of piperazine rings is 1. The Labute approximate surface area is 192 Å². The molecule has 1 N–H and O–H groups in total. The van der Waals surface area contributed by atoms with Gasteiger partial charge < -0.3 is 14.7 Å². The normalized spacial score (nSPS) is 15.1. The van der Waals surface area contributed by atoms with E-state index in [1.807, 2.05) is 0 Å². The average molecular weight is 465 g/mol. The van der Waals surface area contributed by atoms with E-state index in [0.29, 0.717) is 54.6 Å². The molecule has 0 spiro atoms. The maximum Gasteiger partial charge on any atom is 0.266 e. The van der Waals surface area contributed by atoms with Gasteiger partial charge in [0.25, 0.3) is 5.91 Å². The summed E-state index contributed by atoms with van der Waals surface area (Å²) in [6.45, 7) is 6.71. The van der Waals surface area contributed by atoms with Gasteiger partial charge in [0, 0.05) is 48.9 Å². The van der Waals surface area contributed by atoms with Gasteiger partial charge in [-0.3, -0.25) is 14.5 Å². The van der Waals surface area contributed by atoms with E-state index in [9.17, 15) is 9.59 Å². The van der Waals surface area contributed by atoms with Crippen LogP contribution in [0.5, 0.6) is 5.75 Å². The highest BCUT2D eigenvalue weighted by Gasteiger charge is 2.36. The molecule has 3 rings (SSSR count). The number of ketones is 1. The highest BCUT2D eigenvalue weighted by atomic mass is 35.5. The van der Waals surface area contributed by atoms with Crippen LogP contribution in [-0.2, 0) is 4.79 Å². The SMILES string of the molecule is CC(C)(Oc1ccc(C(=O)c2ccc(Cl)cc2)cc1Cl)C(=O)N1CCN(CCO)CC1. The van der Waals surface area contributed by atoms with Crippen molar-refractivity contribution in [2.24, 2.45) is 0 Å². The third-order valence-electron chi connectivity index (χ3n) is 5.26. The van der Waals surface area contributed by atoms with Crippen molar-refractivity contribution in [2.75, 3.05) is 39.3 Å². The lowest BCUT2D eigenvalue weighted by Crippen LogP contribution is -2.56. The standard InChI is InChI=1S/C23H26Cl2N2O4/c1-23(2,22(30)27-11-9-26(10-12-27)13-14-28)31-20-8-5-17(15-19(20)25)21(29)16-3-6-18(24)7-4-16/h3-8,15,28H,9-14H2,1-2H3. The third-order valence-corrected chi connectivity index (χ3v) is 5.80. The molecule has 166 valence electrons. The van der Waals surface area contributed by atoms with Gasteiger partial charge in [-0.2, -0.15) is 0 Å². The van der Waals surface area contributed by atoms with E-state index >= 15 is 0 Å². The molecular formula is C23H26Cl2N2O4. The predicted octanol–water partition coefficient (Wildman–Crippen LogP) is 3.52. The van der Waals surface area contributed by atoms with Crippen LogP contribution >= 0.6 is 23.2 Å². The van der Waals surface area contributed by atoms with Gasteiger partial charge in [-0.05, 0) is 56.3 Å². The number of hydrogen-bond donors (Lipinski definition) is 1. The molecule has 0 aromatic heterocycles. The number of aliphatic hydroxyl groups is 1. The second-order valence-electron chi connectivity index (χ2n) is 7.95. The molecule has 0 aliphatic carbocycles. The van der Waals surface area contributed by atoms with Crippen LogP contribution in [0.4, 0.5) is 0 Å². The molecule has 1 saturated heterocycles. The van der Waals surface area contributed by atoms with Crippen molar-refractivity contribution < 1.29 is 19.4 Å². The molecule has 6 nitrogen and oxygen atoms in total. The smallest absolute Gasteiger partial charge is 0.266 e. The van der Waals surface area contributed by atoms with Crippen molar-refractivity contribution in [3.63, 3.8) is 0 Å². The topological polar surface area (TPSA) is 70.1 Å². The van der Waals surface area contributed by atoms with E-state index in [2.05, 4.69) is 4.90 Å². The zero-order valence-corrected chi connectivity index (χ0v) is 19.1. The maximum absolute atomic E-state index is 13.0. The summed E-state index contributed by atoms with van der Waals surface area (Å²) in [5, 5.41) is 9.87. The summed E-state index contributed by atoms with van der Waals surface area (Å²) in [5.41, 5.74) is -0.196. The summed E-state index contributed by atoms with van der Waals surface area (Å²) < 4.78 is 5.97. The lowest BCUT2D eigenvalue weighted by Gasteiger charge is -2.38. The third kappa shape index (κ3) is 5.77. The van der Waals surface area contributed by atoms with Crippen LogP contribution in [0.3, 0.4) is 0 Å². The Hall–Kier alpha value is -2.12. The zero-order valence-electron chi connectivity index (χ0n) is 17.6. The van der Waals surface area contributed by atoms with Crippen LogP contribution in [0.25, 0.3) is 0 Å². The Morgan fingerprint density at radius 2 is 1.61 bits per heavy atom. The van der Waals surface area contributed by atoms with Crippen molar-refractivity contribution in [3.8, 4) is 5.75 Å². The summed E-state index contributed by atoms with van der Waals surface area (Å²) >= 11 is 12.3. The minimum atomic E-state index is -1.12. The van der Waals surface area contributed by atoms with Crippen molar-refractivity contribution in [1.82, 2.24) is 9.80 Å². The summed E-state index contributed by atoms with van der Waals surface area (Å²) in [7, 11) is 0. The van der Waals surface area contributed by atoms with E-state index in [0.717, 1.165) is 0 Å². The zero-order chi connectivity index (χ0) is 22.6. The summed E-state index contributed by atoms with van der Waals surface area (Å²) in [5.74, 6) is 0.0290. The highest BCUT2D eigenvalue weighted by molar-refractivity contribution is 6.32. The number of nitrogens with zero attached hydrogens (tertiary/aromatic N) is 2. The first-order valence-corrected chi connectivity index (χ1v) is 10.9. The predicted molar refractivity (Wildman–Crippen MR) is 121 cm³/mol.